The fourth-order valence-corrected chi connectivity index (χ4v) is 4.75. The Kier molecular flexibility index (Phi) is 4.90. The number of rotatable bonds is 6. The summed E-state index contributed by atoms with van der Waals surface area (Å²) in [5, 5.41) is 0. The molecule has 1 unspecified atom stereocenters. The quantitative estimate of drug-likeness (QED) is 0.791. The highest BCUT2D eigenvalue weighted by molar-refractivity contribution is 5.62. The molecule has 2 aliphatic rings. The average molecular weight is 352 g/mol. The van der Waals surface area contributed by atoms with Gasteiger partial charge < -0.3 is 9.64 Å². The molecule has 1 atom stereocenters. The van der Waals surface area contributed by atoms with Crippen molar-refractivity contribution in [1.29, 1.82) is 0 Å². The van der Waals surface area contributed by atoms with Crippen LogP contribution in [0.15, 0.2) is 24.5 Å². The van der Waals surface area contributed by atoms with Gasteiger partial charge in [-0.1, -0.05) is 13.3 Å². The molecule has 2 aromatic heterocycles. The molecule has 1 fully saturated rings. The Labute approximate surface area is 155 Å². The largest absolute Gasteiger partial charge is 0.382 e. The number of ether oxygens (including phenoxy) is 1. The van der Waals surface area contributed by atoms with Crippen molar-refractivity contribution in [2.45, 2.75) is 57.4 Å². The Morgan fingerprint density at radius 3 is 2.77 bits per heavy atom. The van der Waals surface area contributed by atoms with Gasteiger partial charge in [0.15, 0.2) is 5.82 Å². The SMILES string of the molecule is CCCC1(COC)CCCN1c1nc(-c2ccncc2)nc2c1CCC2. The summed E-state index contributed by atoms with van der Waals surface area (Å²) in [6, 6.07) is 4.00. The highest BCUT2D eigenvalue weighted by atomic mass is 16.5. The number of nitrogens with zero attached hydrogens (tertiary/aromatic N) is 4. The van der Waals surface area contributed by atoms with Crippen LogP contribution in [0.25, 0.3) is 11.4 Å². The summed E-state index contributed by atoms with van der Waals surface area (Å²) in [4.78, 5) is 16.7. The third-order valence-electron chi connectivity index (χ3n) is 5.83. The predicted molar refractivity (Wildman–Crippen MR) is 103 cm³/mol. The van der Waals surface area contributed by atoms with Crippen LogP contribution in [-0.4, -0.2) is 40.8 Å². The highest BCUT2D eigenvalue weighted by Gasteiger charge is 2.42. The Bertz CT molecular complexity index is 756. The standard InChI is InChI=1S/C21H28N4O/c1-3-10-21(15-26-2)11-5-14-25(21)20-17-6-4-7-18(17)23-19(24-20)16-8-12-22-13-9-16/h8-9,12-13H,3-7,10-11,14-15H2,1-2H3. The zero-order valence-electron chi connectivity index (χ0n) is 15.9. The van der Waals surface area contributed by atoms with Gasteiger partial charge in [0.05, 0.1) is 12.1 Å². The highest BCUT2D eigenvalue weighted by Crippen LogP contribution is 2.41. The second-order valence-corrected chi connectivity index (χ2v) is 7.55. The van der Waals surface area contributed by atoms with E-state index in [0.717, 1.165) is 56.0 Å². The Morgan fingerprint density at radius 1 is 1.15 bits per heavy atom. The van der Waals surface area contributed by atoms with Crippen LogP contribution >= 0.6 is 0 Å². The fourth-order valence-electron chi connectivity index (χ4n) is 4.75. The maximum absolute atomic E-state index is 5.67. The fraction of sp³-hybridized carbons (Fsp3) is 0.571. The van der Waals surface area contributed by atoms with Crippen molar-refractivity contribution in [1.82, 2.24) is 15.0 Å². The van der Waals surface area contributed by atoms with Gasteiger partial charge in [-0.3, -0.25) is 4.98 Å². The maximum atomic E-state index is 5.67. The van der Waals surface area contributed by atoms with E-state index in [2.05, 4.69) is 16.8 Å². The summed E-state index contributed by atoms with van der Waals surface area (Å²) in [5.74, 6) is 1.99. The molecule has 3 heterocycles. The molecule has 26 heavy (non-hydrogen) atoms. The molecule has 5 nitrogen and oxygen atoms in total. The van der Waals surface area contributed by atoms with Crippen LogP contribution in [0.5, 0.6) is 0 Å². The summed E-state index contributed by atoms with van der Waals surface area (Å²) >= 11 is 0. The molecule has 0 bridgehead atoms. The lowest BCUT2D eigenvalue weighted by Crippen LogP contribution is -2.48. The van der Waals surface area contributed by atoms with Gasteiger partial charge in [-0.15, -0.1) is 0 Å². The third kappa shape index (κ3) is 2.98. The molecule has 1 aliphatic heterocycles. The molecule has 2 aromatic rings. The van der Waals surface area contributed by atoms with Gasteiger partial charge in [0.1, 0.15) is 5.82 Å². The number of methoxy groups -OCH3 is 1. The van der Waals surface area contributed by atoms with Gasteiger partial charge in [-0.2, -0.15) is 0 Å². The van der Waals surface area contributed by atoms with Crippen LogP contribution in [0, 0.1) is 0 Å². The number of hydrogen-bond acceptors (Lipinski definition) is 5. The molecule has 1 saturated heterocycles. The monoisotopic (exact) mass is 352 g/mol. The zero-order chi connectivity index (χ0) is 18.0. The normalized spacial score (nSPS) is 22.0. The van der Waals surface area contributed by atoms with E-state index in [1.165, 1.54) is 30.5 Å². The van der Waals surface area contributed by atoms with Crippen LogP contribution < -0.4 is 4.90 Å². The Balaban J connectivity index is 1.81. The van der Waals surface area contributed by atoms with Crippen molar-refractivity contribution in [2.24, 2.45) is 0 Å². The average Bonchev–Trinajstić information content (AvgIpc) is 3.29. The number of aryl methyl sites for hydroxylation is 1. The molecule has 0 saturated carbocycles. The van der Waals surface area contributed by atoms with E-state index in [0.29, 0.717) is 0 Å². The number of aromatic nitrogens is 3. The summed E-state index contributed by atoms with van der Waals surface area (Å²) in [6.45, 7) is 4.09. The van der Waals surface area contributed by atoms with E-state index < -0.39 is 0 Å². The number of fused-ring (bicyclic) bond motifs is 1. The minimum atomic E-state index is 0.0731. The molecule has 0 spiro atoms. The number of pyridine rings is 1. The van der Waals surface area contributed by atoms with Gasteiger partial charge >= 0.3 is 0 Å². The van der Waals surface area contributed by atoms with Crippen LogP contribution in [0.2, 0.25) is 0 Å². The molecule has 0 radical (unpaired) electrons. The summed E-state index contributed by atoms with van der Waals surface area (Å²) in [6.07, 6.45) is 11.6. The van der Waals surface area contributed by atoms with Crippen molar-refractivity contribution >= 4 is 5.82 Å². The molecule has 0 N–H and O–H groups in total. The van der Waals surface area contributed by atoms with Gasteiger partial charge in [0.2, 0.25) is 0 Å². The van der Waals surface area contributed by atoms with Gasteiger partial charge in [0.25, 0.3) is 0 Å². The van der Waals surface area contributed by atoms with Crippen LogP contribution in [0.4, 0.5) is 5.82 Å². The number of hydrogen-bond donors (Lipinski definition) is 0. The van der Waals surface area contributed by atoms with E-state index in [4.69, 9.17) is 14.7 Å². The van der Waals surface area contributed by atoms with E-state index in [-0.39, 0.29) is 5.54 Å². The van der Waals surface area contributed by atoms with Crippen LogP contribution in [0.3, 0.4) is 0 Å². The van der Waals surface area contributed by atoms with Crippen molar-refractivity contribution < 1.29 is 4.74 Å². The van der Waals surface area contributed by atoms with E-state index in [1.54, 1.807) is 0 Å². The molecule has 0 aromatic carbocycles. The first-order valence-corrected chi connectivity index (χ1v) is 9.84. The first-order chi connectivity index (χ1) is 12.8. The van der Waals surface area contributed by atoms with Crippen molar-refractivity contribution in [3.05, 3.63) is 35.8 Å². The molecule has 4 rings (SSSR count). The molecule has 138 valence electrons. The van der Waals surface area contributed by atoms with Gasteiger partial charge in [0, 0.05) is 42.9 Å². The van der Waals surface area contributed by atoms with E-state index in [9.17, 15) is 0 Å². The third-order valence-corrected chi connectivity index (χ3v) is 5.83. The van der Waals surface area contributed by atoms with Crippen molar-refractivity contribution in [2.75, 3.05) is 25.2 Å². The summed E-state index contributed by atoms with van der Waals surface area (Å²) in [5.41, 5.74) is 3.71. The first kappa shape index (κ1) is 17.4. The predicted octanol–water partition coefficient (Wildman–Crippen LogP) is 3.81. The molecule has 0 amide bonds. The van der Waals surface area contributed by atoms with Crippen molar-refractivity contribution in [3.63, 3.8) is 0 Å². The minimum Gasteiger partial charge on any atom is -0.382 e. The maximum Gasteiger partial charge on any atom is 0.161 e. The van der Waals surface area contributed by atoms with Crippen molar-refractivity contribution in [3.8, 4) is 11.4 Å². The second kappa shape index (κ2) is 7.31. The van der Waals surface area contributed by atoms with Gasteiger partial charge in [-0.25, -0.2) is 9.97 Å². The van der Waals surface area contributed by atoms with E-state index >= 15 is 0 Å². The topological polar surface area (TPSA) is 51.1 Å². The van der Waals surface area contributed by atoms with Crippen LogP contribution in [0.1, 0.15) is 50.3 Å². The smallest absolute Gasteiger partial charge is 0.161 e. The second-order valence-electron chi connectivity index (χ2n) is 7.55. The molecule has 5 heteroatoms. The molecular formula is C21H28N4O. The number of anilines is 1. The lowest BCUT2D eigenvalue weighted by Gasteiger charge is -2.40. The Hall–Kier alpha value is -2.01. The van der Waals surface area contributed by atoms with Gasteiger partial charge in [-0.05, 0) is 50.7 Å². The minimum absolute atomic E-state index is 0.0731. The lowest BCUT2D eigenvalue weighted by molar-refractivity contribution is 0.127. The first-order valence-electron chi connectivity index (χ1n) is 9.84. The van der Waals surface area contributed by atoms with Crippen LogP contribution in [-0.2, 0) is 17.6 Å². The summed E-state index contributed by atoms with van der Waals surface area (Å²) in [7, 11) is 1.82. The summed E-state index contributed by atoms with van der Waals surface area (Å²) < 4.78 is 5.67. The Morgan fingerprint density at radius 2 is 2.00 bits per heavy atom. The van der Waals surface area contributed by atoms with E-state index in [1.807, 2.05) is 31.6 Å². The molecular weight excluding hydrogens is 324 g/mol. The zero-order valence-corrected chi connectivity index (χ0v) is 15.9. The molecule has 1 aliphatic carbocycles. The lowest BCUT2D eigenvalue weighted by atomic mass is 9.91.